The fourth-order valence-electron chi connectivity index (χ4n) is 2.03. The number of nitrogens with one attached hydrogen (secondary N) is 1. The van der Waals surface area contributed by atoms with Crippen LogP contribution in [0.15, 0.2) is 12.3 Å². The van der Waals surface area contributed by atoms with Crippen molar-refractivity contribution in [3.63, 3.8) is 0 Å². The van der Waals surface area contributed by atoms with Crippen LogP contribution in [0.3, 0.4) is 0 Å². The second-order valence-electron chi connectivity index (χ2n) is 5.69. The van der Waals surface area contributed by atoms with Crippen LogP contribution in [-0.4, -0.2) is 56.4 Å². The van der Waals surface area contributed by atoms with E-state index in [1.54, 1.807) is 26.4 Å². The largest absolute Gasteiger partial charge is 0.347 e. The van der Waals surface area contributed by atoms with Crippen molar-refractivity contribution in [3.05, 3.63) is 23.8 Å². The molecule has 2 amide bonds. The maximum Gasteiger partial charge on any atom is 0.290 e. The fraction of sp³-hybridized carbons (Fsp3) is 0.500. The monoisotopic (exact) mass is 304 g/mol. The van der Waals surface area contributed by atoms with Crippen molar-refractivity contribution in [2.75, 3.05) is 14.1 Å². The van der Waals surface area contributed by atoms with E-state index in [9.17, 15) is 9.59 Å². The molecule has 8 nitrogen and oxygen atoms in total. The Labute approximate surface area is 128 Å². The summed E-state index contributed by atoms with van der Waals surface area (Å²) < 4.78 is 1.50. The van der Waals surface area contributed by atoms with Crippen LogP contribution in [-0.2, 0) is 4.79 Å². The molecule has 0 aliphatic rings. The molecule has 0 fully saturated rings. The highest BCUT2D eigenvalue weighted by atomic mass is 16.2. The zero-order valence-corrected chi connectivity index (χ0v) is 13.4. The van der Waals surface area contributed by atoms with Gasteiger partial charge < -0.3 is 10.2 Å². The van der Waals surface area contributed by atoms with Crippen molar-refractivity contribution >= 4 is 17.6 Å². The van der Waals surface area contributed by atoms with Crippen LogP contribution in [0.25, 0.3) is 5.78 Å². The molecule has 0 aromatic carbocycles. The predicted octanol–water partition coefficient (Wildman–Crippen LogP) is 0.275. The number of hydrogen-bond donors (Lipinski definition) is 1. The number of aromatic nitrogens is 4. The molecule has 2 aromatic heterocycles. The summed E-state index contributed by atoms with van der Waals surface area (Å²) >= 11 is 0. The van der Waals surface area contributed by atoms with Crippen LogP contribution in [0, 0.1) is 12.8 Å². The Kier molecular flexibility index (Phi) is 4.39. The van der Waals surface area contributed by atoms with E-state index in [1.165, 1.54) is 9.30 Å². The van der Waals surface area contributed by atoms with Gasteiger partial charge in [-0.05, 0) is 18.9 Å². The first-order chi connectivity index (χ1) is 10.3. The quantitative estimate of drug-likeness (QED) is 0.875. The van der Waals surface area contributed by atoms with Crippen molar-refractivity contribution in [3.8, 4) is 0 Å². The van der Waals surface area contributed by atoms with Gasteiger partial charge in [-0.15, -0.1) is 10.2 Å². The van der Waals surface area contributed by atoms with Gasteiger partial charge in [0.1, 0.15) is 6.04 Å². The Balaban J connectivity index is 2.28. The third-order valence-corrected chi connectivity index (χ3v) is 3.28. The first kappa shape index (κ1) is 15.9. The van der Waals surface area contributed by atoms with Gasteiger partial charge in [-0.2, -0.15) is 0 Å². The fourth-order valence-corrected chi connectivity index (χ4v) is 2.03. The Morgan fingerprint density at radius 1 is 1.27 bits per heavy atom. The molecule has 118 valence electrons. The zero-order chi connectivity index (χ0) is 16.4. The minimum absolute atomic E-state index is 0.0431. The van der Waals surface area contributed by atoms with Crippen LogP contribution >= 0.6 is 0 Å². The summed E-state index contributed by atoms with van der Waals surface area (Å²) in [6, 6.07) is 1.14. The lowest BCUT2D eigenvalue weighted by Gasteiger charge is -2.24. The summed E-state index contributed by atoms with van der Waals surface area (Å²) in [6.45, 7) is 5.58. The molecule has 0 saturated carbocycles. The molecule has 1 N–H and O–H groups in total. The van der Waals surface area contributed by atoms with Crippen molar-refractivity contribution in [2.24, 2.45) is 5.92 Å². The lowest BCUT2D eigenvalue weighted by molar-refractivity contribution is -0.131. The molecule has 1 atom stereocenters. The highest BCUT2D eigenvalue weighted by Crippen LogP contribution is 2.07. The van der Waals surface area contributed by atoms with Crippen LogP contribution in [0.1, 0.15) is 30.2 Å². The average Bonchev–Trinajstić information content (AvgIpc) is 2.86. The summed E-state index contributed by atoms with van der Waals surface area (Å²) in [6.07, 6.45) is 1.69. The molecule has 22 heavy (non-hydrogen) atoms. The highest BCUT2D eigenvalue weighted by molar-refractivity contribution is 5.95. The van der Waals surface area contributed by atoms with E-state index in [-0.39, 0.29) is 17.6 Å². The molecular weight excluding hydrogens is 284 g/mol. The van der Waals surface area contributed by atoms with Crippen LogP contribution in [0.2, 0.25) is 0 Å². The topological polar surface area (TPSA) is 92.5 Å². The SMILES string of the molecule is Cc1ccn2c(C(=O)N[C@@H](C(=O)N(C)C)C(C)C)nnc2n1. The van der Waals surface area contributed by atoms with E-state index in [1.807, 2.05) is 20.8 Å². The van der Waals surface area contributed by atoms with Gasteiger partial charge in [0.15, 0.2) is 0 Å². The summed E-state index contributed by atoms with van der Waals surface area (Å²) in [5.74, 6) is -0.193. The molecule has 2 aromatic rings. The summed E-state index contributed by atoms with van der Waals surface area (Å²) in [5.41, 5.74) is 0.787. The van der Waals surface area contributed by atoms with Gasteiger partial charge >= 0.3 is 0 Å². The normalized spacial score (nSPS) is 12.5. The molecule has 0 radical (unpaired) electrons. The molecule has 0 spiro atoms. The summed E-state index contributed by atoms with van der Waals surface area (Å²) in [5, 5.41) is 10.5. The van der Waals surface area contributed by atoms with Crippen molar-refractivity contribution in [1.29, 1.82) is 0 Å². The number of carbonyl (C=O) groups excluding carboxylic acids is 2. The molecule has 0 aliphatic carbocycles. The molecule has 0 bridgehead atoms. The number of likely N-dealkylation sites (N-methyl/N-ethyl adjacent to an activating group) is 1. The lowest BCUT2D eigenvalue weighted by Crippen LogP contribution is -2.49. The zero-order valence-electron chi connectivity index (χ0n) is 13.4. The van der Waals surface area contributed by atoms with Crippen molar-refractivity contribution in [1.82, 2.24) is 29.8 Å². The number of nitrogens with zero attached hydrogens (tertiary/aromatic N) is 5. The molecule has 8 heteroatoms. The second-order valence-corrected chi connectivity index (χ2v) is 5.69. The Morgan fingerprint density at radius 2 is 1.95 bits per heavy atom. The van der Waals surface area contributed by atoms with Gasteiger partial charge in [0.25, 0.3) is 11.7 Å². The number of aryl methyl sites for hydroxylation is 1. The van der Waals surface area contributed by atoms with Gasteiger partial charge in [-0.25, -0.2) is 4.98 Å². The van der Waals surface area contributed by atoms with Crippen LogP contribution in [0.5, 0.6) is 0 Å². The number of carbonyl (C=O) groups is 2. The van der Waals surface area contributed by atoms with Gasteiger partial charge in [0.2, 0.25) is 11.7 Å². The van der Waals surface area contributed by atoms with Crippen LogP contribution in [0.4, 0.5) is 0 Å². The molecule has 0 saturated heterocycles. The third-order valence-electron chi connectivity index (χ3n) is 3.28. The number of fused-ring (bicyclic) bond motifs is 1. The number of amides is 2. The van der Waals surface area contributed by atoms with E-state index < -0.39 is 11.9 Å². The van der Waals surface area contributed by atoms with Gasteiger partial charge in [-0.1, -0.05) is 13.8 Å². The first-order valence-corrected chi connectivity index (χ1v) is 7.01. The summed E-state index contributed by atoms with van der Waals surface area (Å²) in [7, 11) is 3.31. The van der Waals surface area contributed by atoms with Gasteiger partial charge in [0.05, 0.1) is 0 Å². The molecule has 2 heterocycles. The average molecular weight is 304 g/mol. The van der Waals surface area contributed by atoms with Crippen molar-refractivity contribution in [2.45, 2.75) is 26.8 Å². The summed E-state index contributed by atoms with van der Waals surface area (Å²) in [4.78, 5) is 30.2. The molecule has 0 aliphatic heterocycles. The molecule has 2 rings (SSSR count). The van der Waals surface area contributed by atoms with E-state index in [0.717, 1.165) is 5.69 Å². The van der Waals surface area contributed by atoms with E-state index in [4.69, 9.17) is 0 Å². The Hall–Kier alpha value is -2.51. The van der Waals surface area contributed by atoms with E-state index in [2.05, 4.69) is 20.5 Å². The first-order valence-electron chi connectivity index (χ1n) is 7.01. The maximum atomic E-state index is 12.4. The number of rotatable bonds is 4. The minimum Gasteiger partial charge on any atom is -0.347 e. The Bertz CT molecular complexity index is 706. The van der Waals surface area contributed by atoms with Crippen molar-refractivity contribution < 1.29 is 9.59 Å². The smallest absolute Gasteiger partial charge is 0.290 e. The highest BCUT2D eigenvalue weighted by Gasteiger charge is 2.27. The number of hydrogen-bond acceptors (Lipinski definition) is 5. The van der Waals surface area contributed by atoms with Gasteiger partial charge in [-0.3, -0.25) is 14.0 Å². The molecular formula is C14H20N6O2. The lowest BCUT2D eigenvalue weighted by atomic mass is 10.0. The minimum atomic E-state index is -0.617. The van der Waals surface area contributed by atoms with Gasteiger partial charge in [0, 0.05) is 26.0 Å². The standard InChI is InChI=1S/C14H20N6O2/c1-8(2)10(13(22)19(4)5)16-12(21)11-17-18-14-15-9(3)6-7-20(11)14/h6-8,10H,1-5H3,(H,16,21)/t10-/m1/s1. The maximum absolute atomic E-state index is 12.4. The predicted molar refractivity (Wildman–Crippen MR) is 80.3 cm³/mol. The van der Waals surface area contributed by atoms with E-state index >= 15 is 0 Å². The van der Waals surface area contributed by atoms with Crippen LogP contribution < -0.4 is 5.32 Å². The Morgan fingerprint density at radius 3 is 2.55 bits per heavy atom. The molecule has 0 unspecified atom stereocenters. The second kappa shape index (κ2) is 6.08. The third kappa shape index (κ3) is 3.05. The van der Waals surface area contributed by atoms with E-state index in [0.29, 0.717) is 5.78 Å².